The Morgan fingerprint density at radius 1 is 0.904 bits per heavy atom. The lowest BCUT2D eigenvalue weighted by Crippen LogP contribution is -2.59. The van der Waals surface area contributed by atoms with Gasteiger partial charge in [0.15, 0.2) is 0 Å². The largest absolute Gasteiger partial charge is 0.453 e. The number of nitrogens with two attached hydrogens (primary N) is 1. The molecule has 1 aliphatic rings. The number of ether oxygens (including phenoxy) is 1. The first-order chi connectivity index (χ1) is 24.9. The molecule has 0 aliphatic heterocycles. The summed E-state index contributed by atoms with van der Waals surface area (Å²) in [5.74, 6) is -2.69. The number of alkyl carbamates (subject to hydrolysis) is 1. The first-order valence-corrected chi connectivity index (χ1v) is 17.8. The maximum atomic E-state index is 13.8. The SMILES string of the molecule is COC(=O)N[C@H](C(=O)NN(CC1CCCCC1)C[C@H](O)[C@H](Cc1ccccc1)NC(=O)[C@H](CC(N)=O)NC(=O)c1ccc2ccccc2n1)C(C)C. The number of nitrogens with one attached hydrogen (secondary N) is 4. The van der Waals surface area contributed by atoms with Crippen molar-refractivity contribution < 1.29 is 33.8 Å². The maximum absolute atomic E-state index is 13.8. The van der Waals surface area contributed by atoms with Crippen LogP contribution in [0.3, 0.4) is 0 Å². The zero-order chi connectivity index (χ0) is 37.6. The lowest BCUT2D eigenvalue weighted by atomic mass is 9.89. The minimum atomic E-state index is -1.36. The number of hydrogen-bond acceptors (Lipinski definition) is 9. The van der Waals surface area contributed by atoms with E-state index < -0.39 is 60.4 Å². The molecule has 4 rings (SSSR count). The van der Waals surface area contributed by atoms with Gasteiger partial charge in [-0.2, -0.15) is 0 Å². The van der Waals surface area contributed by atoms with Crippen LogP contribution in [0, 0.1) is 11.8 Å². The number of aromatic nitrogens is 1. The van der Waals surface area contributed by atoms with Gasteiger partial charge >= 0.3 is 6.09 Å². The van der Waals surface area contributed by atoms with Gasteiger partial charge in [-0.05, 0) is 48.8 Å². The number of para-hydroxylation sites is 1. The van der Waals surface area contributed by atoms with Crippen LogP contribution < -0.4 is 27.1 Å². The van der Waals surface area contributed by atoms with E-state index in [2.05, 4.69) is 26.4 Å². The van der Waals surface area contributed by atoms with Crippen molar-refractivity contribution in [3.8, 4) is 0 Å². The molecule has 14 nitrogen and oxygen atoms in total. The Morgan fingerprint density at radius 2 is 1.60 bits per heavy atom. The Hall–Kier alpha value is -5.08. The van der Waals surface area contributed by atoms with Crippen molar-refractivity contribution in [2.24, 2.45) is 17.6 Å². The predicted molar refractivity (Wildman–Crippen MR) is 195 cm³/mol. The number of aliphatic hydroxyl groups excluding tert-OH is 1. The molecule has 0 spiro atoms. The Balaban J connectivity index is 1.56. The van der Waals surface area contributed by atoms with Crippen LogP contribution in [0.5, 0.6) is 0 Å². The van der Waals surface area contributed by atoms with Crippen LogP contribution in [0.2, 0.25) is 0 Å². The molecule has 14 heteroatoms. The molecule has 4 atom stereocenters. The van der Waals surface area contributed by atoms with E-state index in [1.54, 1.807) is 37.1 Å². The topological polar surface area (TPSA) is 205 Å². The Morgan fingerprint density at radius 3 is 2.27 bits per heavy atom. The van der Waals surface area contributed by atoms with Crippen LogP contribution in [0.15, 0.2) is 66.7 Å². The summed E-state index contributed by atoms with van der Waals surface area (Å²) in [7, 11) is 1.22. The van der Waals surface area contributed by atoms with Gasteiger partial charge in [0.25, 0.3) is 11.8 Å². The average Bonchev–Trinajstić information content (AvgIpc) is 3.13. The smallest absolute Gasteiger partial charge is 0.407 e. The zero-order valence-corrected chi connectivity index (χ0v) is 30.0. The van der Waals surface area contributed by atoms with E-state index in [0.717, 1.165) is 43.1 Å². The van der Waals surface area contributed by atoms with Gasteiger partial charge in [-0.15, -0.1) is 0 Å². The normalized spacial score (nSPS) is 15.7. The third-order valence-corrected chi connectivity index (χ3v) is 9.24. The lowest BCUT2D eigenvalue weighted by Gasteiger charge is -2.35. The highest BCUT2D eigenvalue weighted by Gasteiger charge is 2.32. The van der Waals surface area contributed by atoms with E-state index >= 15 is 0 Å². The number of benzene rings is 2. The van der Waals surface area contributed by atoms with Gasteiger partial charge in [-0.3, -0.25) is 24.6 Å². The fourth-order valence-electron chi connectivity index (χ4n) is 6.42. The Bertz CT molecular complexity index is 1670. The number of aliphatic hydroxyl groups is 1. The number of fused-ring (bicyclic) bond motifs is 1. The average molecular weight is 718 g/mol. The van der Waals surface area contributed by atoms with E-state index in [4.69, 9.17) is 10.5 Å². The standard InChI is InChI=1S/C38H51N7O7/c1-24(2)34(43-38(51)52-3)37(50)44-45(22-26-14-8-5-9-15-26)23-32(46)30(20-25-12-6-4-7-13-25)41-36(49)31(21-33(39)47)42-35(48)29-19-18-27-16-10-11-17-28(27)40-29/h4,6-7,10-13,16-19,24,26,30-32,34,46H,5,8-9,14-15,20-23H2,1-3H3,(H2,39,47)(H,41,49)(H,42,48)(H,43,51)(H,44,50)/t30-,31-,32-,34-/m0/s1. The van der Waals surface area contributed by atoms with Gasteiger partial charge in [0.1, 0.15) is 17.8 Å². The minimum absolute atomic E-state index is 0.0531. The van der Waals surface area contributed by atoms with E-state index in [1.165, 1.54) is 13.2 Å². The molecule has 0 bridgehead atoms. The van der Waals surface area contributed by atoms with Crippen LogP contribution >= 0.6 is 0 Å². The number of methoxy groups -OCH3 is 1. The molecule has 0 radical (unpaired) electrons. The summed E-state index contributed by atoms with van der Waals surface area (Å²) in [6.45, 7) is 3.96. The summed E-state index contributed by atoms with van der Waals surface area (Å²) >= 11 is 0. The molecular weight excluding hydrogens is 666 g/mol. The summed E-state index contributed by atoms with van der Waals surface area (Å²) in [4.78, 5) is 69.2. The summed E-state index contributed by atoms with van der Waals surface area (Å²) in [6.07, 6.45) is 2.90. The van der Waals surface area contributed by atoms with Gasteiger partial charge in [-0.25, -0.2) is 14.8 Å². The third kappa shape index (κ3) is 12.0. The lowest BCUT2D eigenvalue weighted by molar-refractivity contribution is -0.131. The summed E-state index contributed by atoms with van der Waals surface area (Å²) < 4.78 is 4.72. The molecule has 3 aromatic rings. The predicted octanol–water partition coefficient (Wildman–Crippen LogP) is 2.59. The van der Waals surface area contributed by atoms with Crippen molar-refractivity contribution in [1.29, 1.82) is 0 Å². The minimum Gasteiger partial charge on any atom is -0.453 e. The number of primary amides is 1. The van der Waals surface area contributed by atoms with E-state index in [-0.39, 0.29) is 30.5 Å². The van der Waals surface area contributed by atoms with Crippen molar-refractivity contribution in [1.82, 2.24) is 31.4 Å². The van der Waals surface area contributed by atoms with Gasteiger partial charge in [0.05, 0.1) is 31.2 Å². The highest BCUT2D eigenvalue weighted by atomic mass is 16.5. The van der Waals surface area contributed by atoms with Gasteiger partial charge in [0.2, 0.25) is 11.8 Å². The van der Waals surface area contributed by atoms with Gasteiger partial charge in [-0.1, -0.05) is 87.7 Å². The van der Waals surface area contributed by atoms with Crippen molar-refractivity contribution in [2.75, 3.05) is 20.2 Å². The van der Waals surface area contributed by atoms with Crippen LogP contribution in [0.25, 0.3) is 10.9 Å². The second-order valence-electron chi connectivity index (χ2n) is 13.7. The maximum Gasteiger partial charge on any atom is 0.407 e. The molecule has 1 heterocycles. The summed E-state index contributed by atoms with van der Waals surface area (Å²) in [5.41, 5.74) is 9.87. The first-order valence-electron chi connectivity index (χ1n) is 17.8. The summed E-state index contributed by atoms with van der Waals surface area (Å²) in [5, 5.41) is 22.3. The fraction of sp³-hybridized carbons (Fsp3) is 0.474. The number of hydrazine groups is 1. The Labute approximate surface area is 304 Å². The fourth-order valence-corrected chi connectivity index (χ4v) is 6.42. The Kier molecular flexibility index (Phi) is 14.9. The highest BCUT2D eigenvalue weighted by molar-refractivity contribution is 5.99. The number of pyridine rings is 1. The zero-order valence-electron chi connectivity index (χ0n) is 30.0. The summed E-state index contributed by atoms with van der Waals surface area (Å²) in [6, 6.07) is 16.6. The van der Waals surface area contributed by atoms with Gasteiger partial charge < -0.3 is 31.5 Å². The molecule has 1 saturated carbocycles. The van der Waals surface area contributed by atoms with Crippen LogP contribution in [-0.2, 0) is 25.5 Å². The van der Waals surface area contributed by atoms with Crippen molar-refractivity contribution in [2.45, 2.75) is 83.0 Å². The van der Waals surface area contributed by atoms with Crippen molar-refractivity contribution in [3.05, 3.63) is 78.0 Å². The third-order valence-electron chi connectivity index (χ3n) is 9.24. The molecule has 52 heavy (non-hydrogen) atoms. The molecule has 7 N–H and O–H groups in total. The second-order valence-corrected chi connectivity index (χ2v) is 13.7. The number of amides is 5. The number of nitrogens with zero attached hydrogens (tertiary/aromatic N) is 2. The molecule has 1 aliphatic carbocycles. The van der Waals surface area contributed by atoms with Crippen LogP contribution in [0.1, 0.15) is 68.4 Å². The van der Waals surface area contributed by atoms with Crippen LogP contribution in [0.4, 0.5) is 4.79 Å². The van der Waals surface area contributed by atoms with E-state index in [0.29, 0.717) is 12.1 Å². The quantitative estimate of drug-likeness (QED) is 0.113. The molecule has 1 fully saturated rings. The molecular formula is C38H51N7O7. The van der Waals surface area contributed by atoms with Crippen molar-refractivity contribution in [3.63, 3.8) is 0 Å². The molecule has 0 unspecified atom stereocenters. The first kappa shape index (κ1) is 39.7. The van der Waals surface area contributed by atoms with E-state index in [1.807, 2.05) is 42.5 Å². The highest BCUT2D eigenvalue weighted by Crippen LogP contribution is 2.24. The second kappa shape index (κ2) is 19.5. The number of hydrogen-bond donors (Lipinski definition) is 6. The van der Waals surface area contributed by atoms with Crippen molar-refractivity contribution >= 4 is 40.6 Å². The number of carbonyl (C=O) groups excluding carboxylic acids is 5. The number of carbonyl (C=O) groups is 5. The number of rotatable bonds is 17. The molecule has 280 valence electrons. The van der Waals surface area contributed by atoms with Gasteiger partial charge in [0, 0.05) is 18.5 Å². The molecule has 2 aromatic carbocycles. The molecule has 0 saturated heterocycles. The van der Waals surface area contributed by atoms with Crippen LogP contribution in [-0.4, -0.2) is 89.3 Å². The van der Waals surface area contributed by atoms with E-state index in [9.17, 15) is 29.1 Å². The molecule has 1 aromatic heterocycles. The molecule has 5 amide bonds. The monoisotopic (exact) mass is 717 g/mol.